The first kappa shape index (κ1) is 22.6. The third-order valence-corrected chi connectivity index (χ3v) is 7.17. The van der Waals surface area contributed by atoms with Crippen molar-refractivity contribution in [2.24, 2.45) is 0 Å². The summed E-state index contributed by atoms with van der Waals surface area (Å²) in [7, 11) is 0. The molecule has 0 saturated heterocycles. The number of thiazole rings is 1. The fraction of sp³-hybridized carbons (Fsp3) is 0.107. The number of anilines is 1. The first-order valence-electron chi connectivity index (χ1n) is 11.0. The molecule has 2 N–H and O–H groups in total. The van der Waals surface area contributed by atoms with E-state index in [0.717, 1.165) is 11.1 Å². The molecule has 0 radical (unpaired) electrons. The Hall–Kier alpha value is -4.23. The van der Waals surface area contributed by atoms with Crippen LogP contribution in [0, 0.1) is 13.8 Å². The maximum Gasteiger partial charge on any atom is 0.294 e. The highest BCUT2D eigenvalue weighted by atomic mass is 32.1. The van der Waals surface area contributed by atoms with E-state index in [2.05, 4.69) is 4.98 Å². The average molecular weight is 483 g/mol. The molecule has 1 aliphatic rings. The number of aromatic nitrogens is 1. The van der Waals surface area contributed by atoms with Crippen LogP contribution in [0.1, 0.15) is 32.5 Å². The maximum atomic E-state index is 13.9. The van der Waals surface area contributed by atoms with Gasteiger partial charge in [-0.05, 0) is 49.2 Å². The summed E-state index contributed by atoms with van der Waals surface area (Å²) >= 11 is 1.23. The number of rotatable bonds is 5. The van der Waals surface area contributed by atoms with Crippen LogP contribution in [0.15, 0.2) is 90.2 Å². The second-order valence-electron chi connectivity index (χ2n) is 8.40. The minimum Gasteiger partial charge on any atom is -0.508 e. The average Bonchev–Trinajstić information content (AvgIpc) is 3.37. The van der Waals surface area contributed by atoms with E-state index in [1.165, 1.54) is 28.4 Å². The lowest BCUT2D eigenvalue weighted by molar-refractivity contribution is -0.117. The molecule has 5 rings (SSSR count). The van der Waals surface area contributed by atoms with Gasteiger partial charge in [-0.25, -0.2) is 4.98 Å². The first-order valence-corrected chi connectivity index (χ1v) is 11.9. The van der Waals surface area contributed by atoms with Gasteiger partial charge in [0.2, 0.25) is 5.78 Å². The number of ketones is 1. The van der Waals surface area contributed by atoms with Crippen LogP contribution < -0.4 is 4.90 Å². The number of aliphatic hydroxyl groups excluding tert-OH is 1. The van der Waals surface area contributed by atoms with E-state index >= 15 is 0 Å². The highest BCUT2D eigenvalue weighted by molar-refractivity contribution is 7.17. The molecule has 2 heterocycles. The number of aromatic hydroxyl groups is 1. The van der Waals surface area contributed by atoms with Crippen molar-refractivity contribution < 1.29 is 19.8 Å². The van der Waals surface area contributed by atoms with Crippen LogP contribution in [0.4, 0.5) is 5.69 Å². The van der Waals surface area contributed by atoms with E-state index in [4.69, 9.17) is 0 Å². The fourth-order valence-electron chi connectivity index (χ4n) is 4.29. The summed E-state index contributed by atoms with van der Waals surface area (Å²) in [6.45, 7) is 3.66. The van der Waals surface area contributed by atoms with Gasteiger partial charge in [-0.2, -0.15) is 0 Å². The zero-order valence-electron chi connectivity index (χ0n) is 19.1. The first-order chi connectivity index (χ1) is 16.8. The lowest BCUT2D eigenvalue weighted by Crippen LogP contribution is -2.31. The van der Waals surface area contributed by atoms with Gasteiger partial charge in [-0.1, -0.05) is 54.6 Å². The van der Waals surface area contributed by atoms with Crippen LogP contribution in [0.3, 0.4) is 0 Å². The van der Waals surface area contributed by atoms with Crippen LogP contribution in [0.25, 0.3) is 10.6 Å². The molecular formula is C28H22N2O4S. The van der Waals surface area contributed by atoms with E-state index in [-0.39, 0.29) is 11.3 Å². The number of benzene rings is 3. The van der Waals surface area contributed by atoms with Crippen molar-refractivity contribution in [3.63, 3.8) is 0 Å². The number of hydrogen-bond acceptors (Lipinski definition) is 6. The summed E-state index contributed by atoms with van der Waals surface area (Å²) in [6, 6.07) is 22.3. The second kappa shape index (κ2) is 8.85. The topological polar surface area (TPSA) is 90.7 Å². The number of aryl methyl sites for hydroxylation is 2. The van der Waals surface area contributed by atoms with Crippen LogP contribution in [0.5, 0.6) is 5.75 Å². The van der Waals surface area contributed by atoms with Crippen molar-refractivity contribution in [3.05, 3.63) is 112 Å². The predicted molar refractivity (Wildman–Crippen MR) is 136 cm³/mol. The Morgan fingerprint density at radius 3 is 2.34 bits per heavy atom. The monoisotopic (exact) mass is 482 g/mol. The van der Waals surface area contributed by atoms with E-state index in [9.17, 15) is 19.8 Å². The van der Waals surface area contributed by atoms with E-state index < -0.39 is 23.5 Å². The molecule has 1 amide bonds. The minimum absolute atomic E-state index is 0.00597. The van der Waals surface area contributed by atoms with Gasteiger partial charge in [0.25, 0.3) is 5.91 Å². The van der Waals surface area contributed by atoms with Crippen molar-refractivity contribution in [2.75, 3.05) is 4.90 Å². The van der Waals surface area contributed by atoms with Gasteiger partial charge in [-0.15, -0.1) is 11.3 Å². The van der Waals surface area contributed by atoms with Crippen molar-refractivity contribution in [1.82, 2.24) is 4.98 Å². The van der Waals surface area contributed by atoms with E-state index in [0.29, 0.717) is 26.8 Å². The summed E-state index contributed by atoms with van der Waals surface area (Å²) < 4.78 is 0. The molecule has 1 unspecified atom stereocenters. The number of nitrogens with zero attached hydrogens (tertiary/aromatic N) is 2. The molecule has 1 atom stereocenters. The van der Waals surface area contributed by atoms with Crippen LogP contribution in [-0.4, -0.2) is 26.9 Å². The number of amides is 1. The normalized spacial score (nSPS) is 15.7. The Bertz CT molecular complexity index is 1470. The fourth-order valence-corrected chi connectivity index (χ4v) is 5.31. The molecule has 0 spiro atoms. The molecule has 0 saturated carbocycles. The zero-order valence-corrected chi connectivity index (χ0v) is 19.9. The Morgan fingerprint density at radius 2 is 1.66 bits per heavy atom. The number of hydrogen-bond donors (Lipinski definition) is 2. The summed E-state index contributed by atoms with van der Waals surface area (Å²) in [4.78, 5) is 33.6. The van der Waals surface area contributed by atoms with Crippen LogP contribution >= 0.6 is 11.3 Å². The second-order valence-corrected chi connectivity index (χ2v) is 9.40. The van der Waals surface area contributed by atoms with Gasteiger partial charge in [0.1, 0.15) is 10.8 Å². The molecule has 1 aromatic heterocycles. The van der Waals surface area contributed by atoms with Crippen molar-refractivity contribution in [3.8, 4) is 16.3 Å². The Balaban J connectivity index is 1.64. The molecule has 4 aromatic rings. The molecule has 6 nitrogen and oxygen atoms in total. The third-order valence-electron chi connectivity index (χ3n) is 5.96. The highest BCUT2D eigenvalue weighted by Crippen LogP contribution is 2.43. The molecule has 0 bridgehead atoms. The zero-order chi connectivity index (χ0) is 24.7. The number of phenols is 1. The van der Waals surface area contributed by atoms with Gasteiger partial charge in [0, 0.05) is 11.3 Å². The van der Waals surface area contributed by atoms with Crippen LogP contribution in [-0.2, 0) is 4.79 Å². The molecule has 1 aliphatic heterocycles. The van der Waals surface area contributed by atoms with Gasteiger partial charge < -0.3 is 10.2 Å². The van der Waals surface area contributed by atoms with Gasteiger partial charge in [0.15, 0.2) is 5.76 Å². The summed E-state index contributed by atoms with van der Waals surface area (Å²) in [5, 5.41) is 21.5. The van der Waals surface area contributed by atoms with Crippen molar-refractivity contribution in [2.45, 2.75) is 19.9 Å². The van der Waals surface area contributed by atoms with Crippen molar-refractivity contribution in [1.29, 1.82) is 0 Å². The number of carbonyl (C=O) groups is 2. The summed E-state index contributed by atoms with van der Waals surface area (Å²) in [6.07, 6.45) is 0. The predicted octanol–water partition coefficient (Wildman–Crippen LogP) is 5.92. The van der Waals surface area contributed by atoms with E-state index in [1.807, 2.05) is 55.5 Å². The molecule has 3 aromatic carbocycles. The Morgan fingerprint density at radius 1 is 0.943 bits per heavy atom. The summed E-state index contributed by atoms with van der Waals surface area (Å²) in [5.74, 6) is -1.61. The van der Waals surface area contributed by atoms with Gasteiger partial charge in [0.05, 0.1) is 22.2 Å². The maximum absolute atomic E-state index is 13.9. The SMILES string of the molecule is Cc1cccc(N2C(=O)C(O)=C(C(=O)c3sc(-c4ccccc4)nc3C)C2c2ccc(O)cc2)c1. The molecule has 7 heteroatoms. The molecule has 35 heavy (non-hydrogen) atoms. The van der Waals surface area contributed by atoms with Gasteiger partial charge >= 0.3 is 0 Å². The summed E-state index contributed by atoms with van der Waals surface area (Å²) in [5.41, 5.74) is 3.50. The lowest BCUT2D eigenvalue weighted by Gasteiger charge is -2.27. The highest BCUT2D eigenvalue weighted by Gasteiger charge is 2.45. The van der Waals surface area contributed by atoms with Crippen LogP contribution in [0.2, 0.25) is 0 Å². The molecule has 0 fully saturated rings. The molecule has 174 valence electrons. The number of phenolic OH excluding ortho intramolecular Hbond substituents is 1. The smallest absolute Gasteiger partial charge is 0.294 e. The molecule has 0 aliphatic carbocycles. The minimum atomic E-state index is -0.862. The molecular weight excluding hydrogens is 460 g/mol. The Kier molecular flexibility index (Phi) is 5.70. The Labute approximate surface area is 206 Å². The van der Waals surface area contributed by atoms with Gasteiger partial charge in [-0.3, -0.25) is 14.5 Å². The number of aliphatic hydroxyl groups is 1. The third kappa shape index (κ3) is 4.00. The largest absolute Gasteiger partial charge is 0.508 e. The van der Waals surface area contributed by atoms with E-state index in [1.54, 1.807) is 25.1 Å². The van der Waals surface area contributed by atoms with Crippen molar-refractivity contribution >= 4 is 28.7 Å². The number of carbonyl (C=O) groups excluding carboxylic acids is 2. The number of Topliss-reactive ketones (excluding diaryl/α,β-unsaturated/α-hetero) is 1. The quantitative estimate of drug-likeness (QED) is 0.345. The lowest BCUT2D eigenvalue weighted by atomic mass is 9.94. The standard InChI is InChI=1S/C28H22N2O4S/c1-16-7-6-10-20(15-16)30-23(18-11-13-21(31)14-12-18)22(25(33)28(30)34)24(32)26-17(2)29-27(35-26)19-8-4-3-5-9-19/h3-15,23,31,33H,1-2H3.